The van der Waals surface area contributed by atoms with Crippen LogP contribution in [0, 0.1) is 0 Å². The molecular formula is C19H19N3O2. The molecule has 0 saturated heterocycles. The fraction of sp³-hybridized carbons (Fsp3) is 0.211. The molecular weight excluding hydrogens is 302 g/mol. The van der Waals surface area contributed by atoms with Crippen LogP contribution in [-0.2, 0) is 9.59 Å². The largest absolute Gasteiger partial charge is 0.326 e. The van der Waals surface area contributed by atoms with E-state index in [0.717, 1.165) is 33.2 Å². The van der Waals surface area contributed by atoms with E-state index in [1.54, 1.807) is 0 Å². The van der Waals surface area contributed by atoms with Gasteiger partial charge in [-0.15, -0.1) is 0 Å². The number of nitrogens with one attached hydrogen (secondary N) is 2. The van der Waals surface area contributed by atoms with Crippen molar-refractivity contribution in [3.05, 3.63) is 42.5 Å². The minimum atomic E-state index is -0.0281. The molecule has 0 fully saturated rings. The zero-order valence-electron chi connectivity index (χ0n) is 13.7. The van der Waals surface area contributed by atoms with E-state index in [1.807, 2.05) is 50.2 Å². The van der Waals surface area contributed by atoms with Gasteiger partial charge in [-0.3, -0.25) is 9.59 Å². The van der Waals surface area contributed by atoms with Gasteiger partial charge in [0, 0.05) is 35.0 Å². The van der Waals surface area contributed by atoms with Crippen molar-refractivity contribution in [1.29, 1.82) is 0 Å². The van der Waals surface area contributed by atoms with Gasteiger partial charge in [-0.25, -0.2) is 4.98 Å². The summed E-state index contributed by atoms with van der Waals surface area (Å²) in [5.41, 5.74) is 3.07. The maximum atomic E-state index is 11.5. The first-order chi connectivity index (χ1) is 11.6. The van der Waals surface area contributed by atoms with Crippen LogP contribution < -0.4 is 10.6 Å². The molecule has 0 spiro atoms. The van der Waals surface area contributed by atoms with Crippen molar-refractivity contribution in [2.75, 3.05) is 10.6 Å². The van der Waals surface area contributed by atoms with Crippen molar-refractivity contribution >= 4 is 45.0 Å². The number of amides is 2. The predicted octanol–water partition coefficient (Wildman–Crippen LogP) is 4.09. The Kier molecular flexibility index (Phi) is 4.42. The summed E-state index contributed by atoms with van der Waals surface area (Å²) < 4.78 is 0. The molecule has 0 atom stereocenters. The number of aromatic nitrogens is 1. The third kappa shape index (κ3) is 3.35. The fourth-order valence-electron chi connectivity index (χ4n) is 2.48. The molecule has 3 rings (SSSR count). The van der Waals surface area contributed by atoms with Gasteiger partial charge in [0.25, 0.3) is 0 Å². The normalized spacial score (nSPS) is 10.8. The van der Waals surface area contributed by atoms with Crippen LogP contribution in [0.15, 0.2) is 42.5 Å². The zero-order chi connectivity index (χ0) is 17.1. The number of nitrogens with zero attached hydrogens (tertiary/aromatic N) is 1. The molecule has 2 N–H and O–H groups in total. The Morgan fingerprint density at radius 3 is 1.67 bits per heavy atom. The van der Waals surface area contributed by atoms with Crippen molar-refractivity contribution in [2.45, 2.75) is 26.7 Å². The Labute approximate surface area is 140 Å². The van der Waals surface area contributed by atoms with Gasteiger partial charge in [-0.2, -0.15) is 0 Å². The van der Waals surface area contributed by atoms with Gasteiger partial charge >= 0.3 is 0 Å². The van der Waals surface area contributed by atoms with Gasteiger partial charge in [-0.05, 0) is 30.3 Å². The molecule has 2 amide bonds. The van der Waals surface area contributed by atoms with Crippen LogP contribution in [0.2, 0.25) is 0 Å². The molecule has 0 bridgehead atoms. The van der Waals surface area contributed by atoms with Gasteiger partial charge in [0.2, 0.25) is 11.8 Å². The molecule has 0 aliphatic rings. The third-order valence-electron chi connectivity index (χ3n) is 3.82. The second-order valence-corrected chi connectivity index (χ2v) is 5.61. The van der Waals surface area contributed by atoms with E-state index in [4.69, 9.17) is 0 Å². The number of benzene rings is 2. The van der Waals surface area contributed by atoms with Gasteiger partial charge in [0.15, 0.2) is 0 Å². The van der Waals surface area contributed by atoms with Gasteiger partial charge in [0.1, 0.15) is 0 Å². The SMILES string of the molecule is CCC(=O)Nc1ccc2cc3ccc(NC(=O)CC)cc3nc2c1. The third-order valence-corrected chi connectivity index (χ3v) is 3.82. The molecule has 3 aromatic rings. The summed E-state index contributed by atoms with van der Waals surface area (Å²) in [6, 6.07) is 13.4. The first-order valence-electron chi connectivity index (χ1n) is 8.03. The average Bonchev–Trinajstić information content (AvgIpc) is 2.59. The predicted molar refractivity (Wildman–Crippen MR) is 97.1 cm³/mol. The summed E-state index contributed by atoms with van der Waals surface area (Å²) in [4.78, 5) is 27.7. The number of pyridine rings is 1. The Morgan fingerprint density at radius 2 is 1.25 bits per heavy atom. The van der Waals surface area contributed by atoms with Crippen LogP contribution in [0.4, 0.5) is 11.4 Å². The lowest BCUT2D eigenvalue weighted by Crippen LogP contribution is -2.09. The minimum absolute atomic E-state index is 0.0281. The number of hydrogen-bond donors (Lipinski definition) is 2. The highest BCUT2D eigenvalue weighted by molar-refractivity contribution is 5.99. The molecule has 0 aliphatic carbocycles. The van der Waals surface area contributed by atoms with E-state index in [1.165, 1.54) is 0 Å². The first kappa shape index (κ1) is 15.9. The zero-order valence-corrected chi connectivity index (χ0v) is 13.7. The summed E-state index contributed by atoms with van der Waals surface area (Å²) in [6.07, 6.45) is 0.868. The van der Waals surface area contributed by atoms with Crippen LogP contribution in [0.3, 0.4) is 0 Å². The van der Waals surface area contributed by atoms with Gasteiger partial charge < -0.3 is 10.6 Å². The lowest BCUT2D eigenvalue weighted by molar-refractivity contribution is -0.116. The summed E-state index contributed by atoms with van der Waals surface area (Å²) in [5.74, 6) is -0.0561. The van der Waals surface area contributed by atoms with Crippen LogP contribution in [-0.4, -0.2) is 16.8 Å². The molecule has 5 heteroatoms. The van der Waals surface area contributed by atoms with Crippen LogP contribution >= 0.6 is 0 Å². The summed E-state index contributed by atoms with van der Waals surface area (Å²) in [5, 5.41) is 7.69. The molecule has 122 valence electrons. The fourth-order valence-corrected chi connectivity index (χ4v) is 2.48. The van der Waals surface area contributed by atoms with Crippen molar-refractivity contribution in [1.82, 2.24) is 4.98 Å². The van der Waals surface area contributed by atoms with Crippen molar-refractivity contribution in [3.8, 4) is 0 Å². The van der Waals surface area contributed by atoms with Crippen LogP contribution in [0.25, 0.3) is 21.8 Å². The number of anilines is 2. The lowest BCUT2D eigenvalue weighted by atomic mass is 10.1. The molecule has 0 radical (unpaired) electrons. The minimum Gasteiger partial charge on any atom is -0.326 e. The molecule has 24 heavy (non-hydrogen) atoms. The molecule has 0 aliphatic heterocycles. The molecule has 1 aromatic heterocycles. The molecule has 0 saturated carbocycles. The molecule has 1 heterocycles. The number of hydrogen-bond acceptors (Lipinski definition) is 3. The maximum absolute atomic E-state index is 11.5. The maximum Gasteiger partial charge on any atom is 0.224 e. The van der Waals surface area contributed by atoms with E-state index >= 15 is 0 Å². The van der Waals surface area contributed by atoms with E-state index < -0.39 is 0 Å². The molecule has 2 aromatic carbocycles. The smallest absolute Gasteiger partial charge is 0.224 e. The quantitative estimate of drug-likeness (QED) is 0.711. The second-order valence-electron chi connectivity index (χ2n) is 5.61. The molecule has 0 unspecified atom stereocenters. The topological polar surface area (TPSA) is 71.1 Å². The van der Waals surface area contributed by atoms with Crippen molar-refractivity contribution < 1.29 is 9.59 Å². The lowest BCUT2D eigenvalue weighted by Gasteiger charge is -2.08. The number of carbonyl (C=O) groups is 2. The highest BCUT2D eigenvalue weighted by atomic mass is 16.2. The van der Waals surface area contributed by atoms with E-state index in [2.05, 4.69) is 21.7 Å². The van der Waals surface area contributed by atoms with Crippen molar-refractivity contribution in [3.63, 3.8) is 0 Å². The highest BCUT2D eigenvalue weighted by Gasteiger charge is 2.05. The Morgan fingerprint density at radius 1 is 0.792 bits per heavy atom. The van der Waals surface area contributed by atoms with Crippen LogP contribution in [0.5, 0.6) is 0 Å². The van der Waals surface area contributed by atoms with Crippen molar-refractivity contribution in [2.24, 2.45) is 0 Å². The van der Waals surface area contributed by atoms with E-state index in [-0.39, 0.29) is 11.8 Å². The standard InChI is InChI=1S/C19H19N3O2/c1-3-18(23)20-14-7-5-12-9-13-6-8-15(21-19(24)4-2)11-17(13)22-16(12)10-14/h5-11H,3-4H2,1-2H3,(H,20,23)(H,21,24). The summed E-state index contributed by atoms with van der Waals surface area (Å²) in [7, 11) is 0. The number of fused-ring (bicyclic) bond motifs is 2. The summed E-state index contributed by atoms with van der Waals surface area (Å²) in [6.45, 7) is 3.63. The summed E-state index contributed by atoms with van der Waals surface area (Å²) >= 11 is 0. The van der Waals surface area contributed by atoms with Gasteiger partial charge in [-0.1, -0.05) is 26.0 Å². The number of rotatable bonds is 4. The highest BCUT2D eigenvalue weighted by Crippen LogP contribution is 2.24. The average molecular weight is 321 g/mol. The first-order valence-corrected chi connectivity index (χ1v) is 8.03. The van der Waals surface area contributed by atoms with E-state index in [0.29, 0.717) is 12.8 Å². The van der Waals surface area contributed by atoms with Crippen LogP contribution in [0.1, 0.15) is 26.7 Å². The molecule has 5 nitrogen and oxygen atoms in total. The Balaban J connectivity index is 2.01. The van der Waals surface area contributed by atoms with Gasteiger partial charge in [0.05, 0.1) is 11.0 Å². The number of carbonyl (C=O) groups excluding carboxylic acids is 2. The second kappa shape index (κ2) is 6.66. The van der Waals surface area contributed by atoms with E-state index in [9.17, 15) is 9.59 Å². The monoisotopic (exact) mass is 321 g/mol. The Bertz CT molecular complexity index is 861. The Hall–Kier alpha value is -2.95.